The normalized spacial score (nSPS) is 10.9. The van der Waals surface area contributed by atoms with Crippen molar-refractivity contribution in [1.82, 2.24) is 25.3 Å². The van der Waals surface area contributed by atoms with E-state index < -0.39 is 0 Å². The van der Waals surface area contributed by atoms with Crippen molar-refractivity contribution in [3.05, 3.63) is 119 Å². The summed E-state index contributed by atoms with van der Waals surface area (Å²) in [6.07, 6.45) is 8.01. The van der Waals surface area contributed by atoms with Crippen LogP contribution in [0.25, 0.3) is 22.0 Å². The van der Waals surface area contributed by atoms with Crippen molar-refractivity contribution in [3.8, 4) is 22.8 Å². The van der Waals surface area contributed by atoms with Crippen LogP contribution in [0.5, 0.6) is 11.5 Å². The number of carbonyl (C=O) groups excluding carboxylic acids is 1. The molecule has 0 spiro atoms. The maximum absolute atomic E-state index is 12.8. The van der Waals surface area contributed by atoms with Crippen LogP contribution in [0.4, 0.5) is 16.4 Å². The smallest absolute Gasteiger partial charge is 0.320 e. The number of methoxy groups -OCH3 is 2. The molecule has 0 fully saturated rings. The first-order valence-electron chi connectivity index (χ1n) is 15.2. The monoisotopic (exact) mass is 645 g/mol. The molecule has 2 aromatic carbocycles. The van der Waals surface area contributed by atoms with Crippen LogP contribution in [0, 0.1) is 0 Å². The second kappa shape index (κ2) is 14.7. The summed E-state index contributed by atoms with van der Waals surface area (Å²) in [4.78, 5) is 34.4. The van der Waals surface area contributed by atoms with E-state index in [2.05, 4.69) is 61.7 Å². The molecule has 0 aliphatic heterocycles. The van der Waals surface area contributed by atoms with Crippen LogP contribution in [-0.4, -0.2) is 40.2 Å². The molecule has 0 saturated heterocycles. The Kier molecular flexibility index (Phi) is 9.83. The van der Waals surface area contributed by atoms with Crippen LogP contribution < -0.4 is 25.0 Å². The van der Waals surface area contributed by atoms with Gasteiger partial charge in [0, 0.05) is 53.7 Å². The number of aromatic nitrogens is 4. The molecule has 6 aromatic rings. The van der Waals surface area contributed by atoms with E-state index in [1.807, 2.05) is 48.7 Å². The lowest BCUT2D eigenvalue weighted by molar-refractivity contribution is 0.251. The molecule has 10 nitrogen and oxygen atoms in total. The van der Waals surface area contributed by atoms with Crippen LogP contribution in [0.15, 0.2) is 97.0 Å². The van der Waals surface area contributed by atoms with Crippen LogP contribution in [0.3, 0.4) is 0 Å². The summed E-state index contributed by atoms with van der Waals surface area (Å²) >= 11 is 1.49. The maximum Gasteiger partial charge on any atom is 0.320 e. The SMILES string of the molecule is CCc1ccncc1-c1cc2cc(NC(=O)NCc3cncs3)ncc2c(N(Cc2ccc(OC)cc2)Cc2ccc(OC)cc2)n1. The lowest BCUT2D eigenvalue weighted by Gasteiger charge is -2.26. The Balaban J connectivity index is 1.43. The van der Waals surface area contributed by atoms with Crippen molar-refractivity contribution in [1.29, 1.82) is 0 Å². The quantitative estimate of drug-likeness (QED) is 0.143. The van der Waals surface area contributed by atoms with Crippen molar-refractivity contribution < 1.29 is 14.3 Å². The van der Waals surface area contributed by atoms with Gasteiger partial charge < -0.3 is 19.7 Å². The number of pyridine rings is 3. The predicted molar refractivity (Wildman–Crippen MR) is 186 cm³/mol. The summed E-state index contributed by atoms with van der Waals surface area (Å²) in [5.74, 6) is 2.79. The van der Waals surface area contributed by atoms with Crippen LogP contribution in [0.1, 0.15) is 28.5 Å². The number of benzene rings is 2. The van der Waals surface area contributed by atoms with E-state index in [0.29, 0.717) is 25.5 Å². The first-order valence-corrected chi connectivity index (χ1v) is 16.1. The molecule has 0 aliphatic carbocycles. The minimum atomic E-state index is -0.346. The lowest BCUT2D eigenvalue weighted by Crippen LogP contribution is -2.28. The number of ether oxygens (including phenoxy) is 2. The third-order valence-corrected chi connectivity index (χ3v) is 8.56. The highest BCUT2D eigenvalue weighted by Crippen LogP contribution is 2.34. The standard InChI is InChI=1S/C36H35N7O3S/c1-4-26-13-14-37-19-31(26)33-15-27-16-34(42-36(44)40-18-30-17-38-23-47-30)39-20-32(27)35(41-33)43(21-24-5-9-28(45-2)10-6-24)22-25-7-11-29(46-3)12-8-25/h5-17,19-20,23H,4,18,21-22H2,1-3H3,(H2,39,40,42,44). The van der Waals surface area contributed by atoms with Crippen molar-refractivity contribution in [3.63, 3.8) is 0 Å². The van der Waals surface area contributed by atoms with Crippen molar-refractivity contribution in [2.24, 2.45) is 0 Å². The number of aryl methyl sites for hydroxylation is 1. The number of thiazole rings is 1. The second-order valence-corrected chi connectivity index (χ2v) is 11.8. The van der Waals surface area contributed by atoms with Gasteiger partial charge in [-0.25, -0.2) is 14.8 Å². The summed E-state index contributed by atoms with van der Waals surface area (Å²) in [7, 11) is 3.33. The van der Waals surface area contributed by atoms with Gasteiger partial charge in [-0.05, 0) is 71.0 Å². The number of nitrogens with one attached hydrogen (secondary N) is 2. The minimum absolute atomic E-state index is 0.346. The highest BCUT2D eigenvalue weighted by atomic mass is 32.1. The average molecular weight is 646 g/mol. The third-order valence-electron chi connectivity index (χ3n) is 7.78. The molecule has 4 aromatic heterocycles. The molecule has 2 N–H and O–H groups in total. The van der Waals surface area contributed by atoms with E-state index in [9.17, 15) is 4.79 Å². The van der Waals surface area contributed by atoms with Gasteiger partial charge in [-0.15, -0.1) is 11.3 Å². The molecular weight excluding hydrogens is 611 g/mol. The first-order chi connectivity index (χ1) is 23.0. The lowest BCUT2D eigenvalue weighted by atomic mass is 10.0. The molecule has 0 bridgehead atoms. The minimum Gasteiger partial charge on any atom is -0.497 e. The van der Waals surface area contributed by atoms with Gasteiger partial charge in [-0.1, -0.05) is 31.2 Å². The largest absolute Gasteiger partial charge is 0.497 e. The number of urea groups is 1. The first kappa shape index (κ1) is 31.4. The van der Waals surface area contributed by atoms with Gasteiger partial charge in [0.25, 0.3) is 0 Å². The molecule has 0 unspecified atom stereocenters. The number of fused-ring (bicyclic) bond motifs is 1. The molecule has 4 heterocycles. The van der Waals surface area contributed by atoms with E-state index in [-0.39, 0.29) is 6.03 Å². The Morgan fingerprint density at radius 3 is 2.19 bits per heavy atom. The Bertz CT molecular complexity index is 1900. The number of carbonyl (C=O) groups is 1. The van der Waals surface area contributed by atoms with Crippen LogP contribution in [-0.2, 0) is 26.1 Å². The molecule has 11 heteroatoms. The van der Waals surface area contributed by atoms with Gasteiger partial charge in [0.1, 0.15) is 23.1 Å². The molecule has 0 aliphatic rings. The molecule has 47 heavy (non-hydrogen) atoms. The summed E-state index contributed by atoms with van der Waals surface area (Å²) in [6.45, 7) is 3.66. The third kappa shape index (κ3) is 7.64. The molecule has 0 saturated carbocycles. The fourth-order valence-corrected chi connectivity index (χ4v) is 5.84. The van der Waals surface area contributed by atoms with Crippen molar-refractivity contribution >= 4 is 39.8 Å². The Morgan fingerprint density at radius 2 is 1.57 bits per heavy atom. The Morgan fingerprint density at radius 1 is 0.872 bits per heavy atom. The molecule has 238 valence electrons. The summed E-state index contributed by atoms with van der Waals surface area (Å²) in [5, 5.41) is 7.49. The van der Waals surface area contributed by atoms with E-state index >= 15 is 0 Å². The van der Waals surface area contributed by atoms with Gasteiger partial charge in [-0.3, -0.25) is 15.3 Å². The fourth-order valence-electron chi connectivity index (χ4n) is 5.31. The number of hydrogen-bond donors (Lipinski definition) is 2. The zero-order valence-corrected chi connectivity index (χ0v) is 27.3. The van der Waals surface area contributed by atoms with E-state index in [1.165, 1.54) is 11.3 Å². The molecule has 0 atom stereocenters. The number of nitrogens with zero attached hydrogens (tertiary/aromatic N) is 5. The fraction of sp³-hybridized carbons (Fsp3) is 0.194. The Labute approximate surface area is 277 Å². The van der Waals surface area contributed by atoms with Gasteiger partial charge in [0.05, 0.1) is 32.0 Å². The van der Waals surface area contributed by atoms with E-state index in [0.717, 1.165) is 67.3 Å². The number of hydrogen-bond acceptors (Lipinski definition) is 9. The zero-order chi connectivity index (χ0) is 32.6. The van der Waals surface area contributed by atoms with Gasteiger partial charge in [0.15, 0.2) is 0 Å². The summed E-state index contributed by atoms with van der Waals surface area (Å²) in [5.41, 5.74) is 6.82. The number of rotatable bonds is 12. The summed E-state index contributed by atoms with van der Waals surface area (Å²) < 4.78 is 10.8. The predicted octanol–water partition coefficient (Wildman–Crippen LogP) is 7.26. The number of anilines is 2. The van der Waals surface area contributed by atoms with Gasteiger partial charge in [-0.2, -0.15) is 0 Å². The molecule has 0 radical (unpaired) electrons. The molecule has 2 amide bonds. The van der Waals surface area contributed by atoms with Crippen LogP contribution >= 0.6 is 11.3 Å². The summed E-state index contributed by atoms with van der Waals surface area (Å²) in [6, 6.07) is 21.7. The maximum atomic E-state index is 12.8. The van der Waals surface area contributed by atoms with Gasteiger partial charge in [0.2, 0.25) is 0 Å². The van der Waals surface area contributed by atoms with Crippen molar-refractivity contribution in [2.45, 2.75) is 33.0 Å². The highest BCUT2D eigenvalue weighted by Gasteiger charge is 2.19. The molecule has 6 rings (SSSR count). The van der Waals surface area contributed by atoms with E-state index in [4.69, 9.17) is 14.5 Å². The highest BCUT2D eigenvalue weighted by molar-refractivity contribution is 7.09. The average Bonchev–Trinajstić information content (AvgIpc) is 3.64. The number of amides is 2. The molecular formula is C36H35N7O3S. The topological polar surface area (TPSA) is 114 Å². The van der Waals surface area contributed by atoms with Crippen molar-refractivity contribution in [2.75, 3.05) is 24.4 Å². The zero-order valence-electron chi connectivity index (χ0n) is 26.4. The van der Waals surface area contributed by atoms with E-state index in [1.54, 1.807) is 38.3 Å². The second-order valence-electron chi connectivity index (χ2n) is 10.8. The van der Waals surface area contributed by atoms with Crippen LogP contribution in [0.2, 0.25) is 0 Å². The Hall–Kier alpha value is -5.55. The van der Waals surface area contributed by atoms with Gasteiger partial charge >= 0.3 is 6.03 Å².